The molecule has 0 spiro atoms. The molecule has 1 aromatic heterocycles. The van der Waals surface area contributed by atoms with Crippen molar-refractivity contribution in [1.29, 1.82) is 0 Å². The number of amides is 2. The minimum Gasteiger partial charge on any atom is -0.338 e. The molecule has 1 N–H and O–H groups in total. The Kier molecular flexibility index (Phi) is 3.25. The average molecular weight is 301 g/mol. The number of nitrogens with zero attached hydrogens (tertiary/aromatic N) is 2. The average Bonchev–Trinajstić information content (AvgIpc) is 2.94. The predicted molar refractivity (Wildman–Crippen MR) is 81.3 cm³/mol. The summed E-state index contributed by atoms with van der Waals surface area (Å²) in [6.45, 7) is 3.86. The molecule has 0 fully saturated rings. The first-order valence-corrected chi connectivity index (χ1v) is 7.48. The fraction of sp³-hybridized carbons (Fsp3) is 0.267. The summed E-state index contributed by atoms with van der Waals surface area (Å²) in [4.78, 5) is 31.8. The van der Waals surface area contributed by atoms with Crippen LogP contribution in [0.25, 0.3) is 0 Å². The van der Waals surface area contributed by atoms with Crippen molar-refractivity contribution >= 4 is 28.8 Å². The predicted octanol–water partition coefficient (Wildman–Crippen LogP) is 2.20. The van der Waals surface area contributed by atoms with E-state index in [0.717, 1.165) is 4.88 Å². The van der Waals surface area contributed by atoms with Gasteiger partial charge >= 0.3 is 0 Å². The third-order valence-electron chi connectivity index (χ3n) is 3.44. The van der Waals surface area contributed by atoms with Gasteiger partial charge in [-0.05, 0) is 26.0 Å². The van der Waals surface area contributed by atoms with E-state index in [2.05, 4.69) is 10.3 Å². The lowest BCUT2D eigenvalue weighted by Gasteiger charge is -2.29. The van der Waals surface area contributed by atoms with Crippen LogP contribution in [0.2, 0.25) is 0 Å². The first-order valence-electron chi connectivity index (χ1n) is 6.60. The Labute approximate surface area is 126 Å². The van der Waals surface area contributed by atoms with Gasteiger partial charge in [0.25, 0.3) is 11.8 Å². The number of nitrogens with one attached hydrogen (secondary N) is 1. The summed E-state index contributed by atoms with van der Waals surface area (Å²) < 4.78 is 0. The molecule has 2 amide bonds. The maximum Gasteiger partial charge on any atom is 0.254 e. The van der Waals surface area contributed by atoms with Crippen molar-refractivity contribution in [2.75, 3.05) is 4.90 Å². The normalized spacial score (nSPS) is 17.1. The molecule has 0 saturated heterocycles. The molecule has 2 aromatic rings. The van der Waals surface area contributed by atoms with Crippen LogP contribution in [0.15, 0.2) is 36.0 Å². The first kappa shape index (κ1) is 13.8. The summed E-state index contributed by atoms with van der Waals surface area (Å²) >= 11 is 1.49. The Hall–Kier alpha value is -2.21. The zero-order valence-corrected chi connectivity index (χ0v) is 12.6. The van der Waals surface area contributed by atoms with Gasteiger partial charge < -0.3 is 10.2 Å². The SMILES string of the molecule is CC1(C)NC(=O)c2ccccc2N(Cc2cncs2)C1=O. The lowest BCUT2D eigenvalue weighted by Crippen LogP contribution is -2.53. The van der Waals surface area contributed by atoms with E-state index in [1.165, 1.54) is 11.3 Å². The largest absolute Gasteiger partial charge is 0.338 e. The molecule has 2 heterocycles. The number of fused-ring (bicyclic) bond motifs is 1. The van der Waals surface area contributed by atoms with Crippen LogP contribution in [0, 0.1) is 0 Å². The van der Waals surface area contributed by atoms with Crippen LogP contribution in [0.3, 0.4) is 0 Å². The number of aromatic nitrogens is 1. The summed E-state index contributed by atoms with van der Waals surface area (Å²) in [5.74, 6) is -0.357. The molecule has 5 nitrogen and oxygen atoms in total. The van der Waals surface area contributed by atoms with Crippen molar-refractivity contribution in [1.82, 2.24) is 10.3 Å². The summed E-state index contributed by atoms with van der Waals surface area (Å²) in [6, 6.07) is 7.16. The van der Waals surface area contributed by atoms with Gasteiger partial charge in [0.1, 0.15) is 5.54 Å². The van der Waals surface area contributed by atoms with Gasteiger partial charge in [-0.3, -0.25) is 14.6 Å². The van der Waals surface area contributed by atoms with E-state index in [-0.39, 0.29) is 11.8 Å². The first-order chi connectivity index (χ1) is 9.99. The van der Waals surface area contributed by atoms with Crippen LogP contribution in [0.1, 0.15) is 29.1 Å². The molecule has 0 saturated carbocycles. The van der Waals surface area contributed by atoms with E-state index in [1.54, 1.807) is 48.7 Å². The zero-order valence-electron chi connectivity index (χ0n) is 11.8. The van der Waals surface area contributed by atoms with E-state index in [4.69, 9.17) is 0 Å². The van der Waals surface area contributed by atoms with Gasteiger partial charge in [-0.2, -0.15) is 0 Å². The number of carbonyl (C=O) groups excluding carboxylic acids is 2. The van der Waals surface area contributed by atoms with Crippen molar-refractivity contribution in [2.24, 2.45) is 0 Å². The second-order valence-electron chi connectivity index (χ2n) is 5.46. The summed E-state index contributed by atoms with van der Waals surface area (Å²) in [5, 5.41) is 2.79. The van der Waals surface area contributed by atoms with Crippen molar-refractivity contribution in [2.45, 2.75) is 25.9 Å². The van der Waals surface area contributed by atoms with Crippen LogP contribution in [-0.4, -0.2) is 22.3 Å². The van der Waals surface area contributed by atoms with Gasteiger partial charge in [-0.15, -0.1) is 11.3 Å². The molecule has 1 aliphatic rings. The minimum atomic E-state index is -0.944. The Balaban J connectivity index is 2.11. The maximum absolute atomic E-state index is 12.8. The summed E-state index contributed by atoms with van der Waals surface area (Å²) in [5.41, 5.74) is 1.94. The highest BCUT2D eigenvalue weighted by Crippen LogP contribution is 2.29. The number of carbonyl (C=O) groups is 2. The molecule has 1 aliphatic heterocycles. The van der Waals surface area contributed by atoms with Crippen molar-refractivity contribution < 1.29 is 9.59 Å². The Bertz CT molecular complexity index is 695. The molecule has 0 atom stereocenters. The van der Waals surface area contributed by atoms with Crippen LogP contribution in [0.4, 0.5) is 5.69 Å². The lowest BCUT2D eigenvalue weighted by molar-refractivity contribution is -0.123. The van der Waals surface area contributed by atoms with E-state index in [1.807, 2.05) is 6.07 Å². The fourth-order valence-electron chi connectivity index (χ4n) is 2.39. The molecule has 108 valence electrons. The lowest BCUT2D eigenvalue weighted by atomic mass is 10.0. The standard InChI is InChI=1S/C15H15N3O2S/c1-15(2)14(20)18(8-10-7-16-9-21-10)12-6-4-3-5-11(12)13(19)17-15/h3-7,9H,8H2,1-2H3,(H,17,19). The van der Waals surface area contributed by atoms with E-state index in [9.17, 15) is 9.59 Å². The number of benzene rings is 1. The second-order valence-corrected chi connectivity index (χ2v) is 6.43. The van der Waals surface area contributed by atoms with Crippen molar-refractivity contribution in [3.63, 3.8) is 0 Å². The van der Waals surface area contributed by atoms with Crippen molar-refractivity contribution in [3.8, 4) is 0 Å². The van der Waals surface area contributed by atoms with Gasteiger partial charge in [-0.1, -0.05) is 12.1 Å². The van der Waals surface area contributed by atoms with Gasteiger partial charge in [0.2, 0.25) is 0 Å². The Morgan fingerprint density at radius 2 is 2.05 bits per heavy atom. The molecule has 0 bridgehead atoms. The van der Waals surface area contributed by atoms with Gasteiger partial charge in [0.05, 0.1) is 23.3 Å². The van der Waals surface area contributed by atoms with Crippen LogP contribution >= 0.6 is 11.3 Å². The molecule has 0 unspecified atom stereocenters. The third kappa shape index (κ3) is 2.42. The quantitative estimate of drug-likeness (QED) is 0.925. The van der Waals surface area contributed by atoms with Crippen LogP contribution < -0.4 is 10.2 Å². The minimum absolute atomic E-state index is 0.130. The third-order valence-corrected chi connectivity index (χ3v) is 4.21. The van der Waals surface area contributed by atoms with Gasteiger partial charge in [0, 0.05) is 11.1 Å². The van der Waals surface area contributed by atoms with Gasteiger partial charge in [-0.25, -0.2) is 0 Å². The molecule has 21 heavy (non-hydrogen) atoms. The molecular formula is C15H15N3O2S. The summed E-state index contributed by atoms with van der Waals surface area (Å²) in [6.07, 6.45) is 1.74. The number of para-hydroxylation sites is 1. The fourth-order valence-corrected chi connectivity index (χ4v) is 2.97. The number of thiazole rings is 1. The highest BCUT2D eigenvalue weighted by molar-refractivity contribution is 7.09. The van der Waals surface area contributed by atoms with Crippen LogP contribution in [-0.2, 0) is 11.3 Å². The number of hydrogen-bond donors (Lipinski definition) is 1. The Morgan fingerprint density at radius 3 is 2.76 bits per heavy atom. The molecule has 0 aliphatic carbocycles. The van der Waals surface area contributed by atoms with Gasteiger partial charge in [0.15, 0.2) is 0 Å². The number of rotatable bonds is 2. The van der Waals surface area contributed by atoms with E-state index < -0.39 is 5.54 Å². The molecule has 0 radical (unpaired) electrons. The van der Waals surface area contributed by atoms with Crippen LogP contribution in [0.5, 0.6) is 0 Å². The molecule has 1 aromatic carbocycles. The molecule has 6 heteroatoms. The highest BCUT2D eigenvalue weighted by atomic mass is 32.1. The maximum atomic E-state index is 12.8. The Morgan fingerprint density at radius 1 is 1.29 bits per heavy atom. The smallest absolute Gasteiger partial charge is 0.254 e. The summed E-state index contributed by atoms with van der Waals surface area (Å²) in [7, 11) is 0. The number of anilines is 1. The highest BCUT2D eigenvalue weighted by Gasteiger charge is 2.39. The zero-order chi connectivity index (χ0) is 15.0. The van der Waals surface area contributed by atoms with E-state index in [0.29, 0.717) is 17.8 Å². The van der Waals surface area contributed by atoms with E-state index >= 15 is 0 Å². The molecular weight excluding hydrogens is 286 g/mol. The van der Waals surface area contributed by atoms with Crippen molar-refractivity contribution in [3.05, 3.63) is 46.4 Å². The topological polar surface area (TPSA) is 62.3 Å². The molecule has 3 rings (SSSR count). The second kappa shape index (κ2) is 4.96. The number of hydrogen-bond acceptors (Lipinski definition) is 4. The monoisotopic (exact) mass is 301 g/mol.